The van der Waals surface area contributed by atoms with Gasteiger partial charge in [-0.15, -0.1) is 0 Å². The van der Waals surface area contributed by atoms with Crippen molar-refractivity contribution in [2.45, 2.75) is 31.4 Å². The van der Waals surface area contributed by atoms with Crippen molar-refractivity contribution in [3.05, 3.63) is 24.0 Å². The van der Waals surface area contributed by atoms with Crippen LogP contribution in [0.25, 0.3) is 0 Å². The molecule has 0 radical (unpaired) electrons. The molecule has 1 saturated heterocycles. The van der Waals surface area contributed by atoms with Gasteiger partial charge < -0.3 is 15.8 Å². The number of pyridine rings is 1. The van der Waals surface area contributed by atoms with E-state index < -0.39 is 0 Å². The number of nitrogen functional groups attached to an aromatic ring is 1. The fourth-order valence-corrected chi connectivity index (χ4v) is 2.44. The molecule has 1 amide bonds. The van der Waals surface area contributed by atoms with Gasteiger partial charge in [0.15, 0.2) is 0 Å². The Labute approximate surface area is 106 Å². The van der Waals surface area contributed by atoms with Crippen LogP contribution in [0.4, 0.5) is 5.69 Å². The predicted octanol–water partition coefficient (Wildman–Crippen LogP) is 0.961. The number of anilines is 1. The molecule has 18 heavy (non-hydrogen) atoms. The molecule has 0 spiro atoms. The van der Waals surface area contributed by atoms with Gasteiger partial charge in [0.25, 0.3) is 5.91 Å². The van der Waals surface area contributed by atoms with Gasteiger partial charge in [-0.3, -0.25) is 4.79 Å². The number of nitrogens with zero attached hydrogens (tertiary/aromatic N) is 1. The van der Waals surface area contributed by atoms with Gasteiger partial charge in [0.05, 0.1) is 24.0 Å². The molecule has 1 aliphatic heterocycles. The molecule has 5 nitrogen and oxygen atoms in total. The minimum absolute atomic E-state index is 0.129. The minimum Gasteiger partial charge on any atom is -0.397 e. The van der Waals surface area contributed by atoms with Gasteiger partial charge in [-0.25, -0.2) is 4.98 Å². The smallest absolute Gasteiger partial charge is 0.270 e. The zero-order valence-corrected chi connectivity index (χ0v) is 10.1. The van der Waals surface area contributed by atoms with Crippen LogP contribution in [-0.2, 0) is 4.74 Å². The van der Waals surface area contributed by atoms with Crippen LogP contribution in [0.1, 0.15) is 29.8 Å². The summed E-state index contributed by atoms with van der Waals surface area (Å²) >= 11 is 0. The fourth-order valence-electron chi connectivity index (χ4n) is 2.44. The van der Waals surface area contributed by atoms with Gasteiger partial charge in [-0.1, -0.05) is 0 Å². The van der Waals surface area contributed by atoms with Gasteiger partial charge in [-0.05, 0) is 37.3 Å². The molecule has 2 fully saturated rings. The SMILES string of the molecule is Nc1ccc(C(=O)NC2CCOC2C2CC2)nc1. The number of nitrogens with two attached hydrogens (primary N) is 1. The van der Waals surface area contributed by atoms with Crippen LogP contribution in [0.5, 0.6) is 0 Å². The van der Waals surface area contributed by atoms with E-state index in [-0.39, 0.29) is 18.1 Å². The molecule has 2 aliphatic rings. The lowest BCUT2D eigenvalue weighted by Crippen LogP contribution is -2.41. The van der Waals surface area contributed by atoms with E-state index in [1.54, 1.807) is 12.1 Å². The Morgan fingerprint density at radius 1 is 1.39 bits per heavy atom. The second-order valence-corrected chi connectivity index (χ2v) is 5.02. The number of rotatable bonds is 3. The summed E-state index contributed by atoms with van der Waals surface area (Å²) in [5.41, 5.74) is 6.52. The van der Waals surface area contributed by atoms with Crippen LogP contribution in [0.2, 0.25) is 0 Å². The van der Waals surface area contributed by atoms with E-state index in [1.165, 1.54) is 19.0 Å². The molecule has 96 valence electrons. The third kappa shape index (κ3) is 2.31. The maximum atomic E-state index is 12.0. The van der Waals surface area contributed by atoms with E-state index in [4.69, 9.17) is 10.5 Å². The Bertz CT molecular complexity index is 442. The van der Waals surface area contributed by atoms with E-state index in [0.717, 1.165) is 13.0 Å². The largest absolute Gasteiger partial charge is 0.397 e. The zero-order valence-electron chi connectivity index (χ0n) is 10.1. The highest BCUT2D eigenvalue weighted by atomic mass is 16.5. The van der Waals surface area contributed by atoms with Gasteiger partial charge in [-0.2, -0.15) is 0 Å². The van der Waals surface area contributed by atoms with Crippen LogP contribution in [-0.4, -0.2) is 29.6 Å². The second kappa shape index (κ2) is 4.57. The average molecular weight is 247 g/mol. The standard InChI is InChI=1S/C13H17N3O2/c14-9-3-4-11(15-7-9)13(17)16-10-5-6-18-12(10)8-1-2-8/h3-4,7-8,10,12H,1-2,5-6,14H2,(H,16,17). The Morgan fingerprint density at radius 3 is 2.89 bits per heavy atom. The highest BCUT2D eigenvalue weighted by molar-refractivity contribution is 5.92. The maximum Gasteiger partial charge on any atom is 0.270 e. The highest BCUT2D eigenvalue weighted by Gasteiger charge is 2.41. The molecule has 2 atom stereocenters. The van der Waals surface area contributed by atoms with Crippen LogP contribution in [0.3, 0.4) is 0 Å². The normalized spacial score (nSPS) is 27.1. The summed E-state index contributed by atoms with van der Waals surface area (Å²) in [6.07, 6.45) is 5.02. The topological polar surface area (TPSA) is 77.2 Å². The molecular weight excluding hydrogens is 230 g/mol. The van der Waals surface area contributed by atoms with E-state index >= 15 is 0 Å². The van der Waals surface area contributed by atoms with Crippen molar-refractivity contribution < 1.29 is 9.53 Å². The monoisotopic (exact) mass is 247 g/mol. The summed E-state index contributed by atoms with van der Waals surface area (Å²) in [6.45, 7) is 0.737. The van der Waals surface area contributed by atoms with E-state index in [1.807, 2.05) is 0 Å². The molecule has 1 aromatic heterocycles. The molecule has 2 heterocycles. The third-order valence-corrected chi connectivity index (χ3v) is 3.56. The lowest BCUT2D eigenvalue weighted by atomic mass is 10.1. The average Bonchev–Trinajstić information content (AvgIpc) is 3.11. The van der Waals surface area contributed by atoms with Crippen molar-refractivity contribution in [1.29, 1.82) is 0 Å². The predicted molar refractivity (Wildman–Crippen MR) is 67.0 cm³/mol. The first-order valence-corrected chi connectivity index (χ1v) is 6.38. The number of carbonyl (C=O) groups excluding carboxylic acids is 1. The Balaban J connectivity index is 1.64. The lowest BCUT2D eigenvalue weighted by molar-refractivity contribution is 0.0727. The van der Waals surface area contributed by atoms with Crippen molar-refractivity contribution in [1.82, 2.24) is 10.3 Å². The van der Waals surface area contributed by atoms with Gasteiger partial charge in [0, 0.05) is 6.61 Å². The molecule has 3 rings (SSSR count). The van der Waals surface area contributed by atoms with E-state index in [0.29, 0.717) is 17.3 Å². The summed E-state index contributed by atoms with van der Waals surface area (Å²) in [7, 11) is 0. The summed E-state index contributed by atoms with van der Waals surface area (Å²) in [5.74, 6) is 0.494. The minimum atomic E-state index is -0.142. The number of carbonyl (C=O) groups is 1. The number of aromatic nitrogens is 1. The quantitative estimate of drug-likeness (QED) is 0.834. The first kappa shape index (κ1) is 11.5. The van der Waals surface area contributed by atoms with Crippen LogP contribution in [0.15, 0.2) is 18.3 Å². The molecule has 0 aromatic carbocycles. The van der Waals surface area contributed by atoms with Crippen molar-refractivity contribution in [2.75, 3.05) is 12.3 Å². The first-order chi connectivity index (χ1) is 8.74. The van der Waals surface area contributed by atoms with Gasteiger partial charge >= 0.3 is 0 Å². The summed E-state index contributed by atoms with van der Waals surface area (Å²) in [6, 6.07) is 3.46. The van der Waals surface area contributed by atoms with Gasteiger partial charge in [0.2, 0.25) is 0 Å². The van der Waals surface area contributed by atoms with Crippen molar-refractivity contribution in [3.63, 3.8) is 0 Å². The molecule has 0 bridgehead atoms. The van der Waals surface area contributed by atoms with Crippen LogP contribution >= 0.6 is 0 Å². The zero-order chi connectivity index (χ0) is 12.5. The molecule has 1 aromatic rings. The molecule has 2 unspecified atom stereocenters. The van der Waals surface area contributed by atoms with Gasteiger partial charge in [0.1, 0.15) is 5.69 Å². The van der Waals surface area contributed by atoms with Crippen molar-refractivity contribution >= 4 is 11.6 Å². The van der Waals surface area contributed by atoms with Crippen LogP contribution < -0.4 is 11.1 Å². The molecule has 3 N–H and O–H groups in total. The summed E-state index contributed by atoms with van der Waals surface area (Å²) in [5, 5.41) is 3.02. The second-order valence-electron chi connectivity index (χ2n) is 5.02. The number of nitrogens with one attached hydrogen (secondary N) is 1. The molecular formula is C13H17N3O2. The summed E-state index contributed by atoms with van der Waals surface area (Å²) < 4.78 is 5.69. The fraction of sp³-hybridized carbons (Fsp3) is 0.538. The third-order valence-electron chi connectivity index (χ3n) is 3.56. The number of hydrogen-bond acceptors (Lipinski definition) is 4. The molecule has 1 aliphatic carbocycles. The Hall–Kier alpha value is -1.62. The van der Waals surface area contributed by atoms with Crippen molar-refractivity contribution in [2.24, 2.45) is 5.92 Å². The number of amides is 1. The van der Waals surface area contributed by atoms with Crippen LogP contribution in [0, 0.1) is 5.92 Å². The first-order valence-electron chi connectivity index (χ1n) is 6.38. The molecule has 5 heteroatoms. The highest BCUT2D eigenvalue weighted by Crippen LogP contribution is 2.38. The summed E-state index contributed by atoms with van der Waals surface area (Å²) in [4.78, 5) is 16.1. The molecule has 1 saturated carbocycles. The Morgan fingerprint density at radius 2 is 2.22 bits per heavy atom. The Kier molecular flexibility index (Phi) is 2.91. The lowest BCUT2D eigenvalue weighted by Gasteiger charge is -2.19. The maximum absolute atomic E-state index is 12.0. The van der Waals surface area contributed by atoms with E-state index in [9.17, 15) is 4.79 Å². The van der Waals surface area contributed by atoms with E-state index in [2.05, 4.69) is 10.3 Å². The number of ether oxygens (including phenoxy) is 1. The number of hydrogen-bond donors (Lipinski definition) is 2. The van der Waals surface area contributed by atoms with Crippen molar-refractivity contribution in [3.8, 4) is 0 Å².